The van der Waals surface area contributed by atoms with Crippen LogP contribution in [0.3, 0.4) is 0 Å². The van der Waals surface area contributed by atoms with Crippen molar-refractivity contribution in [2.45, 2.75) is 51.9 Å². The van der Waals surface area contributed by atoms with Crippen LogP contribution in [0.15, 0.2) is 23.1 Å². The second kappa shape index (κ2) is 9.09. The summed E-state index contributed by atoms with van der Waals surface area (Å²) in [6.45, 7) is 10.3. The van der Waals surface area contributed by atoms with E-state index in [-0.39, 0.29) is 6.54 Å². The predicted molar refractivity (Wildman–Crippen MR) is 117 cm³/mol. The lowest BCUT2D eigenvalue weighted by Gasteiger charge is -2.28. The smallest absolute Gasteiger partial charge is 0.241 e. The van der Waals surface area contributed by atoms with Crippen LogP contribution in [-0.2, 0) is 10.0 Å². The molecule has 3 rings (SSSR count). The number of hydrogen-bond acceptors (Lipinski definition) is 6. The summed E-state index contributed by atoms with van der Waals surface area (Å²) in [7, 11) is -3.56. The first-order valence-corrected chi connectivity index (χ1v) is 11.7. The number of hydrogen-bond donors (Lipinski definition) is 2. The van der Waals surface area contributed by atoms with Gasteiger partial charge >= 0.3 is 0 Å². The number of nitrogens with zero attached hydrogens (tertiary/aromatic N) is 3. The lowest BCUT2D eigenvalue weighted by atomic mass is 10.1. The number of benzene rings is 1. The Morgan fingerprint density at radius 3 is 2.24 bits per heavy atom. The molecule has 29 heavy (non-hydrogen) atoms. The molecular weight excluding hydrogens is 386 g/mol. The van der Waals surface area contributed by atoms with Gasteiger partial charge in [-0.05, 0) is 58.1 Å². The standard InChI is InChI=1S/C21H31N5O2S/c1-15-12-16(2)21(17(3)13-15)29(27,28)23-9-8-22-19-14-20(25-18(4)24-19)26-10-6-5-7-11-26/h12-14,23H,5-11H2,1-4H3,(H,22,24,25). The van der Waals surface area contributed by atoms with E-state index in [0.717, 1.165) is 41.4 Å². The van der Waals surface area contributed by atoms with Gasteiger partial charge in [0.1, 0.15) is 17.5 Å². The summed E-state index contributed by atoms with van der Waals surface area (Å²) in [5, 5.41) is 3.22. The van der Waals surface area contributed by atoms with Gasteiger partial charge in [-0.3, -0.25) is 0 Å². The molecule has 1 aromatic carbocycles. The fourth-order valence-electron chi connectivity index (χ4n) is 3.97. The number of aryl methyl sites for hydroxylation is 4. The zero-order valence-corrected chi connectivity index (χ0v) is 18.6. The third kappa shape index (κ3) is 5.45. The molecule has 1 aromatic heterocycles. The van der Waals surface area contributed by atoms with Crippen molar-refractivity contribution in [3.8, 4) is 0 Å². The number of nitrogens with one attached hydrogen (secondary N) is 2. The minimum absolute atomic E-state index is 0.275. The number of piperidine rings is 1. The Morgan fingerprint density at radius 2 is 1.59 bits per heavy atom. The van der Waals surface area contributed by atoms with Crippen molar-refractivity contribution in [1.82, 2.24) is 14.7 Å². The average Bonchev–Trinajstić information content (AvgIpc) is 2.64. The maximum atomic E-state index is 12.7. The van der Waals surface area contributed by atoms with Crippen LogP contribution in [-0.4, -0.2) is 44.6 Å². The number of aromatic nitrogens is 2. The van der Waals surface area contributed by atoms with Crippen molar-refractivity contribution in [1.29, 1.82) is 0 Å². The van der Waals surface area contributed by atoms with Crippen LogP contribution < -0.4 is 14.9 Å². The van der Waals surface area contributed by atoms with E-state index in [1.807, 2.05) is 45.9 Å². The first kappa shape index (κ1) is 21.5. The van der Waals surface area contributed by atoms with E-state index in [4.69, 9.17) is 0 Å². The van der Waals surface area contributed by atoms with Crippen molar-refractivity contribution in [3.63, 3.8) is 0 Å². The topological polar surface area (TPSA) is 87.2 Å². The van der Waals surface area contributed by atoms with Gasteiger partial charge in [0.2, 0.25) is 10.0 Å². The maximum Gasteiger partial charge on any atom is 0.241 e. The van der Waals surface area contributed by atoms with Gasteiger partial charge in [0.05, 0.1) is 4.90 Å². The second-order valence-electron chi connectivity index (χ2n) is 7.76. The molecule has 1 saturated heterocycles. The summed E-state index contributed by atoms with van der Waals surface area (Å²) in [6, 6.07) is 5.73. The number of sulfonamides is 1. The van der Waals surface area contributed by atoms with Crippen molar-refractivity contribution in [3.05, 3.63) is 40.7 Å². The highest BCUT2D eigenvalue weighted by Crippen LogP contribution is 2.22. The second-order valence-corrected chi connectivity index (χ2v) is 9.46. The molecule has 0 radical (unpaired) electrons. The van der Waals surface area contributed by atoms with Crippen LogP contribution in [0.25, 0.3) is 0 Å². The summed E-state index contributed by atoms with van der Waals surface area (Å²) < 4.78 is 28.2. The van der Waals surface area contributed by atoms with Crippen LogP contribution in [0.5, 0.6) is 0 Å². The molecule has 0 saturated carbocycles. The lowest BCUT2D eigenvalue weighted by Crippen LogP contribution is -2.31. The Bertz CT molecular complexity index is 946. The van der Waals surface area contributed by atoms with Gasteiger partial charge < -0.3 is 10.2 Å². The molecule has 2 N–H and O–H groups in total. The van der Waals surface area contributed by atoms with Crippen LogP contribution in [0.4, 0.5) is 11.6 Å². The Morgan fingerprint density at radius 1 is 0.931 bits per heavy atom. The Balaban J connectivity index is 1.61. The average molecular weight is 418 g/mol. The Labute approximate surface area is 174 Å². The van der Waals surface area contributed by atoms with E-state index in [9.17, 15) is 8.42 Å². The zero-order valence-electron chi connectivity index (χ0n) is 17.7. The summed E-state index contributed by atoms with van der Waals surface area (Å²) in [5.74, 6) is 2.37. The summed E-state index contributed by atoms with van der Waals surface area (Å²) in [5.41, 5.74) is 2.59. The minimum Gasteiger partial charge on any atom is -0.369 e. The van der Waals surface area contributed by atoms with Crippen LogP contribution in [0.2, 0.25) is 0 Å². The zero-order chi connectivity index (χ0) is 21.0. The SMILES string of the molecule is Cc1cc(C)c(S(=O)(=O)NCCNc2cc(N3CCCCC3)nc(C)n2)c(C)c1. The van der Waals surface area contributed by atoms with Crippen molar-refractivity contribution < 1.29 is 8.42 Å². The molecule has 0 bridgehead atoms. The van der Waals surface area contributed by atoms with Gasteiger partial charge in [0.15, 0.2) is 0 Å². The normalized spacial score (nSPS) is 14.8. The van der Waals surface area contributed by atoms with E-state index in [0.29, 0.717) is 17.3 Å². The van der Waals surface area contributed by atoms with Gasteiger partial charge in [0.25, 0.3) is 0 Å². The largest absolute Gasteiger partial charge is 0.369 e. The van der Waals surface area contributed by atoms with E-state index in [1.165, 1.54) is 19.3 Å². The Kier molecular flexibility index (Phi) is 6.74. The van der Waals surface area contributed by atoms with Crippen molar-refractivity contribution in [2.24, 2.45) is 0 Å². The minimum atomic E-state index is -3.56. The first-order chi connectivity index (χ1) is 13.8. The fraction of sp³-hybridized carbons (Fsp3) is 0.524. The molecule has 0 unspecified atom stereocenters. The van der Waals surface area contributed by atoms with Crippen molar-refractivity contribution >= 4 is 21.7 Å². The van der Waals surface area contributed by atoms with Gasteiger partial charge in [-0.1, -0.05) is 17.7 Å². The van der Waals surface area contributed by atoms with Crippen LogP contribution >= 0.6 is 0 Å². The summed E-state index contributed by atoms with van der Waals surface area (Å²) in [4.78, 5) is 11.6. The highest BCUT2D eigenvalue weighted by Gasteiger charge is 2.19. The summed E-state index contributed by atoms with van der Waals surface area (Å²) in [6.07, 6.45) is 3.64. The molecule has 2 aromatic rings. The molecule has 1 fully saturated rings. The fourth-order valence-corrected chi connectivity index (χ4v) is 5.45. The van der Waals surface area contributed by atoms with E-state index in [1.54, 1.807) is 0 Å². The monoisotopic (exact) mass is 417 g/mol. The van der Waals surface area contributed by atoms with Gasteiger partial charge in [-0.2, -0.15) is 0 Å². The highest BCUT2D eigenvalue weighted by molar-refractivity contribution is 7.89. The molecule has 7 nitrogen and oxygen atoms in total. The van der Waals surface area contributed by atoms with Gasteiger partial charge in [0, 0.05) is 32.2 Å². The lowest BCUT2D eigenvalue weighted by molar-refractivity contribution is 0.572. The molecule has 0 atom stereocenters. The third-order valence-corrected chi connectivity index (χ3v) is 6.87. The van der Waals surface area contributed by atoms with Crippen LogP contribution in [0, 0.1) is 27.7 Å². The molecule has 0 aliphatic carbocycles. The van der Waals surface area contributed by atoms with E-state index >= 15 is 0 Å². The number of anilines is 2. The maximum absolute atomic E-state index is 12.7. The molecule has 8 heteroatoms. The van der Waals surface area contributed by atoms with Gasteiger partial charge in [-0.25, -0.2) is 23.1 Å². The quantitative estimate of drug-likeness (QED) is 0.673. The molecule has 1 aliphatic rings. The molecule has 158 valence electrons. The number of rotatable bonds is 7. The van der Waals surface area contributed by atoms with Gasteiger partial charge in [-0.15, -0.1) is 0 Å². The molecule has 2 heterocycles. The predicted octanol–water partition coefficient (Wildman–Crippen LogP) is 3.09. The Hall–Kier alpha value is -2.19. The molecule has 0 spiro atoms. The molecular formula is C21H31N5O2S. The highest BCUT2D eigenvalue weighted by atomic mass is 32.2. The van der Waals surface area contributed by atoms with Crippen LogP contribution in [0.1, 0.15) is 41.8 Å². The van der Waals surface area contributed by atoms with E-state index < -0.39 is 10.0 Å². The molecule has 0 amide bonds. The van der Waals surface area contributed by atoms with Crippen molar-refractivity contribution in [2.75, 3.05) is 36.4 Å². The third-order valence-electron chi connectivity index (χ3n) is 5.10. The van der Waals surface area contributed by atoms with E-state index in [2.05, 4.69) is 24.9 Å². The first-order valence-electron chi connectivity index (χ1n) is 10.2. The molecule has 1 aliphatic heterocycles. The summed E-state index contributed by atoms with van der Waals surface area (Å²) >= 11 is 0.